The molecule has 0 amide bonds. The van der Waals surface area contributed by atoms with Crippen molar-refractivity contribution in [3.05, 3.63) is 45.7 Å². The average molecular weight is 441 g/mol. The van der Waals surface area contributed by atoms with E-state index < -0.39 is 30.4 Å². The van der Waals surface area contributed by atoms with Gasteiger partial charge >= 0.3 is 37.2 Å². The van der Waals surface area contributed by atoms with Gasteiger partial charge in [-0.3, -0.25) is 9.97 Å². The van der Waals surface area contributed by atoms with Gasteiger partial charge in [0.05, 0.1) is 21.3 Å². The Balaban J connectivity index is 0.000000816. The number of pyridine rings is 2. The van der Waals surface area contributed by atoms with Crippen LogP contribution >= 0.6 is 23.2 Å². The van der Waals surface area contributed by atoms with E-state index >= 15 is 0 Å². The van der Waals surface area contributed by atoms with Crippen molar-refractivity contribution in [1.82, 2.24) is 9.97 Å². The van der Waals surface area contributed by atoms with Gasteiger partial charge < -0.3 is 10.2 Å². The number of aromatic carboxylic acids is 2. The number of carboxylic acids is 2. The summed E-state index contributed by atoms with van der Waals surface area (Å²) in [6, 6.07) is 2.55. The van der Waals surface area contributed by atoms with Gasteiger partial charge in [0.15, 0.2) is 0 Å². The van der Waals surface area contributed by atoms with E-state index in [0.717, 1.165) is 6.20 Å². The van der Waals surface area contributed by atoms with Crippen LogP contribution in [0.15, 0.2) is 24.5 Å². The van der Waals surface area contributed by atoms with E-state index in [4.69, 9.17) is 40.2 Å². The number of hydrogen-bond acceptors (Lipinski definition) is 6. The fourth-order valence-electron chi connectivity index (χ4n) is 1.53. The summed E-state index contributed by atoms with van der Waals surface area (Å²) in [4.78, 5) is 29.8. The van der Waals surface area contributed by atoms with E-state index in [1.165, 1.54) is 18.3 Å². The molecule has 0 saturated heterocycles. The van der Waals surface area contributed by atoms with Gasteiger partial charge in [-0.05, 0) is 12.1 Å². The summed E-state index contributed by atoms with van der Waals surface area (Å²) >= 11 is 9.65. The van der Waals surface area contributed by atoms with Crippen LogP contribution in [0.4, 0.5) is 0 Å². The molecule has 0 bridgehead atoms. The Morgan fingerprint density at radius 3 is 2.22 bits per heavy atom. The van der Waals surface area contributed by atoms with Crippen molar-refractivity contribution >= 4 is 35.1 Å². The van der Waals surface area contributed by atoms with E-state index in [9.17, 15) is 9.59 Å². The second-order valence-corrected chi connectivity index (χ2v) is 4.87. The van der Waals surface area contributed by atoms with Crippen LogP contribution in [0.5, 0.6) is 0 Å². The van der Waals surface area contributed by atoms with E-state index in [2.05, 4.69) is 9.97 Å². The molecule has 8 nitrogen and oxygen atoms in total. The van der Waals surface area contributed by atoms with E-state index in [0.29, 0.717) is 0 Å². The molecule has 0 atom stereocenters. The molecular formula is C12H6Cl2MoN2O6. The summed E-state index contributed by atoms with van der Waals surface area (Å²) in [5, 5.41) is 17.7. The first-order valence-electron chi connectivity index (χ1n) is 5.52. The molecule has 0 spiro atoms. The molecule has 2 heterocycles. The molecule has 11 heteroatoms. The van der Waals surface area contributed by atoms with Gasteiger partial charge in [0.1, 0.15) is 11.3 Å². The van der Waals surface area contributed by atoms with Crippen LogP contribution in [0.3, 0.4) is 0 Å². The third kappa shape index (κ3) is 4.79. The van der Waals surface area contributed by atoms with Crippen molar-refractivity contribution in [3.8, 4) is 11.4 Å². The van der Waals surface area contributed by atoms with Gasteiger partial charge in [-0.1, -0.05) is 23.2 Å². The Morgan fingerprint density at radius 2 is 1.70 bits per heavy atom. The van der Waals surface area contributed by atoms with Gasteiger partial charge in [0, 0.05) is 12.4 Å². The van der Waals surface area contributed by atoms with E-state index in [-0.39, 0.29) is 32.6 Å². The summed E-state index contributed by atoms with van der Waals surface area (Å²) in [6.45, 7) is 0. The standard InChI is InChI=1S/C12H6Cl2N2O4.Mo.2O/c13-6-4-16-10(9(14)8(6)12(19)20)7-3-5(11(17)18)1-2-15-7;;;/h1-4H,(H,17,18)(H,19,20);;;. The van der Waals surface area contributed by atoms with Crippen LogP contribution < -0.4 is 0 Å². The quantitative estimate of drug-likeness (QED) is 0.695. The summed E-state index contributed by atoms with van der Waals surface area (Å²) in [6.07, 6.45) is 2.40. The monoisotopic (exact) mass is 442 g/mol. The molecule has 0 unspecified atom stereocenters. The predicted octanol–water partition coefficient (Wildman–Crippen LogP) is 2.61. The van der Waals surface area contributed by atoms with E-state index in [1.807, 2.05) is 0 Å². The topological polar surface area (TPSA) is 135 Å². The summed E-state index contributed by atoms with van der Waals surface area (Å²) in [7, 11) is 0. The number of nitrogens with zero attached hydrogens (tertiary/aromatic N) is 2. The fourth-order valence-corrected chi connectivity index (χ4v) is 2.13. The molecular weight excluding hydrogens is 435 g/mol. The zero-order valence-electron chi connectivity index (χ0n) is 10.9. The number of carbonyl (C=O) groups is 2. The minimum absolute atomic E-state index is 0.0142. The van der Waals surface area contributed by atoms with Crippen LogP contribution in [0.1, 0.15) is 20.7 Å². The zero-order chi connectivity index (χ0) is 17.6. The summed E-state index contributed by atoms with van der Waals surface area (Å²) in [5.74, 6) is -2.45. The summed E-state index contributed by atoms with van der Waals surface area (Å²) in [5.41, 5.74) is -0.119. The molecule has 0 aliphatic heterocycles. The van der Waals surface area contributed by atoms with Crippen molar-refractivity contribution in [2.24, 2.45) is 0 Å². The van der Waals surface area contributed by atoms with Gasteiger partial charge in [0.25, 0.3) is 0 Å². The maximum absolute atomic E-state index is 11.1. The molecule has 2 aromatic heterocycles. The molecule has 2 rings (SSSR count). The Morgan fingerprint density at radius 1 is 1.09 bits per heavy atom. The molecule has 0 radical (unpaired) electrons. The zero-order valence-corrected chi connectivity index (χ0v) is 14.4. The normalized spacial score (nSPS) is 9.48. The maximum atomic E-state index is 11.1. The third-order valence-electron chi connectivity index (χ3n) is 2.44. The molecule has 0 fully saturated rings. The van der Waals surface area contributed by atoms with Crippen LogP contribution in [0.25, 0.3) is 11.4 Å². The first-order valence-corrected chi connectivity index (χ1v) is 7.91. The predicted molar refractivity (Wildman–Crippen MR) is 72.8 cm³/mol. The summed E-state index contributed by atoms with van der Waals surface area (Å²) < 4.78 is 17.0. The first kappa shape index (κ1) is 19.2. The first-order chi connectivity index (χ1) is 10.8. The Bertz CT molecular complexity index is 808. The van der Waals surface area contributed by atoms with Crippen molar-refractivity contribution in [2.75, 3.05) is 0 Å². The number of rotatable bonds is 3. The fraction of sp³-hybridized carbons (Fsp3) is 0. The SMILES string of the molecule is O=C(O)c1ccnc(-c2ncc(Cl)c(C(=O)O)c2Cl)c1.[O]=[Mo]=[O]. The van der Waals surface area contributed by atoms with Crippen molar-refractivity contribution in [3.63, 3.8) is 0 Å². The van der Waals surface area contributed by atoms with Gasteiger partial charge in [-0.25, -0.2) is 9.59 Å². The molecule has 0 saturated carbocycles. The Hall–Kier alpha value is -1.89. The molecule has 0 aliphatic carbocycles. The number of hydrogen-bond donors (Lipinski definition) is 2. The molecule has 0 aromatic carbocycles. The van der Waals surface area contributed by atoms with Gasteiger partial charge in [-0.2, -0.15) is 0 Å². The average Bonchev–Trinajstić information content (AvgIpc) is 2.48. The Kier molecular flexibility index (Phi) is 7.22. The molecule has 0 aliphatic rings. The van der Waals surface area contributed by atoms with Crippen LogP contribution in [0.2, 0.25) is 10.0 Å². The third-order valence-corrected chi connectivity index (χ3v) is 3.09. The molecule has 120 valence electrons. The molecule has 23 heavy (non-hydrogen) atoms. The molecule has 2 aromatic rings. The van der Waals surface area contributed by atoms with Crippen LogP contribution in [-0.4, -0.2) is 32.1 Å². The minimum atomic E-state index is -2.03. The Labute approximate surface area is 147 Å². The van der Waals surface area contributed by atoms with E-state index in [1.54, 1.807) is 0 Å². The van der Waals surface area contributed by atoms with Crippen LogP contribution in [0, 0.1) is 0 Å². The molecule has 2 N–H and O–H groups in total. The van der Waals surface area contributed by atoms with Gasteiger partial charge in [-0.15, -0.1) is 0 Å². The second kappa shape index (κ2) is 8.67. The number of halogens is 2. The number of carboxylic acid groups (broad SMARTS) is 2. The van der Waals surface area contributed by atoms with Gasteiger partial charge in [0.2, 0.25) is 0 Å². The van der Waals surface area contributed by atoms with Crippen molar-refractivity contribution < 1.29 is 45.1 Å². The number of aromatic nitrogens is 2. The van der Waals surface area contributed by atoms with Crippen molar-refractivity contribution in [2.45, 2.75) is 0 Å². The van der Waals surface area contributed by atoms with Crippen LogP contribution in [-0.2, 0) is 25.3 Å². The second-order valence-electron chi connectivity index (χ2n) is 3.75. The van der Waals surface area contributed by atoms with Crippen molar-refractivity contribution in [1.29, 1.82) is 0 Å².